The summed E-state index contributed by atoms with van der Waals surface area (Å²) in [7, 11) is 0. The first-order valence-electron chi connectivity index (χ1n) is 4.13. The fourth-order valence-electron chi connectivity index (χ4n) is 0.890. The van der Waals surface area contributed by atoms with Crippen LogP contribution in [0.1, 0.15) is 12.5 Å². The minimum Gasteiger partial charge on any atom is -0.462 e. The van der Waals surface area contributed by atoms with Crippen molar-refractivity contribution in [3.8, 4) is 0 Å². The molecule has 0 atom stereocenters. The average Bonchev–Trinajstić information content (AvgIpc) is 2.18. The number of hydrogen-bond donors (Lipinski definition) is 0. The maximum absolute atomic E-state index is 11.2. The second-order valence-electron chi connectivity index (χ2n) is 2.57. The molecule has 0 saturated heterocycles. The van der Waals surface area contributed by atoms with Crippen molar-refractivity contribution in [3.63, 3.8) is 0 Å². The number of rotatable bonds is 3. The number of pyridine rings is 1. The Labute approximate surface area is 87.4 Å². The van der Waals surface area contributed by atoms with E-state index >= 15 is 0 Å². The molecule has 0 bridgehead atoms. The van der Waals surface area contributed by atoms with Gasteiger partial charge in [-0.15, -0.1) is 0 Å². The van der Waals surface area contributed by atoms with Crippen LogP contribution >= 0.6 is 11.6 Å². The quantitative estimate of drug-likeness (QED) is 0.438. The first kappa shape index (κ1) is 10.7. The number of halogens is 1. The summed E-state index contributed by atoms with van der Waals surface area (Å²) in [6.45, 7) is 5.69. The van der Waals surface area contributed by atoms with Crippen molar-refractivity contribution < 1.29 is 9.53 Å². The molecule has 0 radical (unpaired) electrons. The van der Waals surface area contributed by atoms with Crippen molar-refractivity contribution in [1.82, 2.24) is 4.98 Å². The number of nitrogens with zero attached hydrogens (tertiary/aromatic N) is 1. The van der Waals surface area contributed by atoms with Crippen LogP contribution in [0.5, 0.6) is 0 Å². The predicted octanol–water partition coefficient (Wildman–Crippen LogP) is 2.31. The second-order valence-corrected chi connectivity index (χ2v) is 2.96. The molecule has 0 fully saturated rings. The van der Waals surface area contributed by atoms with Crippen LogP contribution in [-0.4, -0.2) is 17.6 Å². The smallest absolute Gasteiger partial charge is 0.338 e. The van der Waals surface area contributed by atoms with E-state index in [1.807, 2.05) is 0 Å². The van der Waals surface area contributed by atoms with E-state index in [2.05, 4.69) is 11.6 Å². The Balaban J connectivity index is 2.79. The van der Waals surface area contributed by atoms with Crippen LogP contribution < -0.4 is 0 Å². The Kier molecular flexibility index (Phi) is 3.65. The van der Waals surface area contributed by atoms with Gasteiger partial charge >= 0.3 is 5.97 Å². The number of carbonyl (C=O) groups excluding carboxylic acids is 1. The van der Waals surface area contributed by atoms with Gasteiger partial charge in [0.25, 0.3) is 0 Å². The summed E-state index contributed by atoms with van der Waals surface area (Å²) in [5.74, 6) is -0.434. The molecule has 0 aliphatic carbocycles. The molecule has 0 spiro atoms. The van der Waals surface area contributed by atoms with Crippen LogP contribution in [0.15, 0.2) is 24.9 Å². The monoisotopic (exact) mass is 211 g/mol. The van der Waals surface area contributed by atoms with Gasteiger partial charge < -0.3 is 4.74 Å². The summed E-state index contributed by atoms with van der Waals surface area (Å²) in [4.78, 5) is 15.1. The number of carbonyl (C=O) groups is 1. The summed E-state index contributed by atoms with van der Waals surface area (Å²) < 4.78 is 4.79. The minimum atomic E-state index is -0.434. The Hall–Kier alpha value is -1.35. The summed E-state index contributed by atoms with van der Waals surface area (Å²) in [5, 5.41) is 0.380. The van der Waals surface area contributed by atoms with E-state index in [1.54, 1.807) is 19.1 Å². The van der Waals surface area contributed by atoms with Crippen molar-refractivity contribution in [3.05, 3.63) is 35.6 Å². The van der Waals surface area contributed by atoms with Crippen molar-refractivity contribution >= 4 is 23.1 Å². The van der Waals surface area contributed by atoms with Gasteiger partial charge in [0.05, 0.1) is 12.2 Å². The van der Waals surface area contributed by atoms with Crippen LogP contribution in [0, 0.1) is 0 Å². The highest BCUT2D eigenvalue weighted by atomic mass is 35.5. The summed E-state index contributed by atoms with van der Waals surface area (Å²) in [6, 6.07) is 3.27. The molecule has 1 aromatic rings. The molecule has 1 heterocycles. The lowest BCUT2D eigenvalue weighted by Crippen LogP contribution is -2.05. The van der Waals surface area contributed by atoms with Crippen molar-refractivity contribution in [2.45, 2.75) is 6.92 Å². The molecule has 14 heavy (non-hydrogen) atoms. The van der Waals surface area contributed by atoms with Gasteiger partial charge in [-0.05, 0) is 19.1 Å². The molecule has 0 amide bonds. The highest BCUT2D eigenvalue weighted by molar-refractivity contribution is 6.29. The van der Waals surface area contributed by atoms with E-state index in [0.717, 1.165) is 0 Å². The van der Waals surface area contributed by atoms with Gasteiger partial charge in [-0.1, -0.05) is 18.2 Å². The second kappa shape index (κ2) is 4.77. The van der Waals surface area contributed by atoms with Crippen molar-refractivity contribution in [1.29, 1.82) is 0 Å². The molecule has 1 rings (SSSR count). The normalized spacial score (nSPS) is 9.57. The molecule has 0 aliphatic heterocycles. The fourth-order valence-corrected chi connectivity index (χ4v) is 1.00. The standard InChI is InChI=1S/C10H10ClNO2/c1-3-14-10(13)7(2)8-4-5-9(11)12-6-8/h4-6H,2-3H2,1H3. The molecule has 0 N–H and O–H groups in total. The first-order chi connectivity index (χ1) is 6.65. The Bertz CT molecular complexity index is 346. The summed E-state index contributed by atoms with van der Waals surface area (Å²) in [6.07, 6.45) is 1.49. The molecule has 3 nitrogen and oxygen atoms in total. The van der Waals surface area contributed by atoms with Gasteiger partial charge in [0.1, 0.15) is 5.15 Å². The van der Waals surface area contributed by atoms with Gasteiger partial charge in [0.15, 0.2) is 0 Å². The lowest BCUT2D eigenvalue weighted by Gasteiger charge is -2.04. The zero-order chi connectivity index (χ0) is 10.6. The first-order valence-corrected chi connectivity index (χ1v) is 4.51. The molecule has 0 aromatic carbocycles. The summed E-state index contributed by atoms with van der Waals surface area (Å²) in [5.41, 5.74) is 0.906. The molecule has 74 valence electrons. The van der Waals surface area contributed by atoms with Gasteiger partial charge in [-0.3, -0.25) is 0 Å². The van der Waals surface area contributed by atoms with E-state index < -0.39 is 5.97 Å². The highest BCUT2D eigenvalue weighted by Gasteiger charge is 2.09. The maximum Gasteiger partial charge on any atom is 0.338 e. The minimum absolute atomic E-state index is 0.288. The van der Waals surface area contributed by atoms with Gasteiger partial charge in [-0.2, -0.15) is 0 Å². The zero-order valence-corrected chi connectivity index (χ0v) is 8.54. The van der Waals surface area contributed by atoms with Gasteiger partial charge in [-0.25, -0.2) is 9.78 Å². The number of aromatic nitrogens is 1. The van der Waals surface area contributed by atoms with E-state index in [1.165, 1.54) is 6.20 Å². The third-order valence-electron chi connectivity index (χ3n) is 1.60. The number of ether oxygens (including phenoxy) is 1. The predicted molar refractivity (Wildman–Crippen MR) is 54.9 cm³/mol. The van der Waals surface area contributed by atoms with Gasteiger partial charge in [0, 0.05) is 11.8 Å². The van der Waals surface area contributed by atoms with E-state index in [0.29, 0.717) is 17.3 Å². The molecule has 0 unspecified atom stereocenters. The van der Waals surface area contributed by atoms with E-state index in [-0.39, 0.29) is 5.57 Å². The Morgan fingerprint density at radius 1 is 1.64 bits per heavy atom. The molecular formula is C10H10ClNO2. The lowest BCUT2D eigenvalue weighted by molar-refractivity contribution is -0.136. The maximum atomic E-state index is 11.2. The topological polar surface area (TPSA) is 39.2 Å². The molecular weight excluding hydrogens is 202 g/mol. The zero-order valence-electron chi connectivity index (χ0n) is 7.79. The third kappa shape index (κ3) is 2.57. The van der Waals surface area contributed by atoms with Gasteiger partial charge in [0.2, 0.25) is 0 Å². The van der Waals surface area contributed by atoms with Crippen LogP contribution in [0.25, 0.3) is 5.57 Å². The molecule has 4 heteroatoms. The molecule has 0 saturated carbocycles. The third-order valence-corrected chi connectivity index (χ3v) is 1.82. The van der Waals surface area contributed by atoms with Crippen LogP contribution in [-0.2, 0) is 9.53 Å². The van der Waals surface area contributed by atoms with E-state index in [4.69, 9.17) is 16.3 Å². The molecule has 0 aliphatic rings. The number of hydrogen-bond acceptors (Lipinski definition) is 3. The average molecular weight is 212 g/mol. The van der Waals surface area contributed by atoms with E-state index in [9.17, 15) is 4.79 Å². The highest BCUT2D eigenvalue weighted by Crippen LogP contribution is 2.14. The van der Waals surface area contributed by atoms with Crippen molar-refractivity contribution in [2.24, 2.45) is 0 Å². The summed E-state index contributed by atoms with van der Waals surface area (Å²) >= 11 is 5.60. The molecule has 1 aromatic heterocycles. The lowest BCUT2D eigenvalue weighted by atomic mass is 10.1. The SMILES string of the molecule is C=C(C(=O)OCC)c1ccc(Cl)nc1. The van der Waals surface area contributed by atoms with Crippen LogP contribution in [0.4, 0.5) is 0 Å². The van der Waals surface area contributed by atoms with Crippen LogP contribution in [0.3, 0.4) is 0 Å². The Morgan fingerprint density at radius 3 is 2.86 bits per heavy atom. The number of esters is 1. The largest absolute Gasteiger partial charge is 0.462 e. The Morgan fingerprint density at radius 2 is 2.36 bits per heavy atom. The van der Waals surface area contributed by atoms with Crippen molar-refractivity contribution in [2.75, 3.05) is 6.61 Å². The van der Waals surface area contributed by atoms with Crippen LogP contribution in [0.2, 0.25) is 5.15 Å². The fraction of sp³-hybridized carbons (Fsp3) is 0.200.